The van der Waals surface area contributed by atoms with Crippen molar-refractivity contribution < 1.29 is 14.3 Å². The number of methoxy groups -OCH3 is 2. The van der Waals surface area contributed by atoms with Crippen molar-refractivity contribution in [3.63, 3.8) is 0 Å². The van der Waals surface area contributed by atoms with Gasteiger partial charge in [-0.15, -0.1) is 0 Å². The van der Waals surface area contributed by atoms with E-state index in [-0.39, 0.29) is 5.91 Å². The Morgan fingerprint density at radius 1 is 1.27 bits per heavy atom. The van der Waals surface area contributed by atoms with E-state index in [2.05, 4.69) is 6.07 Å². The van der Waals surface area contributed by atoms with Crippen molar-refractivity contribution in [2.24, 2.45) is 0 Å². The normalized spacial score (nSPS) is 10.4. The van der Waals surface area contributed by atoms with Crippen molar-refractivity contribution in [2.45, 2.75) is 6.54 Å². The fraction of sp³-hybridized carbons (Fsp3) is 0.200. The highest BCUT2D eigenvalue weighted by Crippen LogP contribution is 2.36. The highest BCUT2D eigenvalue weighted by atomic mass is 35.5. The second-order valence-corrected chi connectivity index (χ2v) is 5.99. The molecule has 0 fully saturated rings. The van der Waals surface area contributed by atoms with Crippen molar-refractivity contribution >= 4 is 23.6 Å². The minimum absolute atomic E-state index is 0.168. The molecule has 0 radical (unpaired) electrons. The predicted octanol–water partition coefficient (Wildman–Crippen LogP) is 3.90. The van der Waals surface area contributed by atoms with Gasteiger partial charge in [-0.1, -0.05) is 23.7 Å². The summed E-state index contributed by atoms with van der Waals surface area (Å²) < 4.78 is 10.4. The molecule has 0 N–H and O–H groups in total. The molecule has 0 unspecified atom stereocenters. The van der Waals surface area contributed by atoms with Crippen LogP contribution in [0.25, 0.3) is 6.08 Å². The largest absolute Gasteiger partial charge is 0.493 e. The summed E-state index contributed by atoms with van der Waals surface area (Å²) in [5.41, 5.74) is 2.18. The first-order valence-electron chi connectivity index (χ1n) is 7.82. The van der Waals surface area contributed by atoms with Crippen LogP contribution in [0.15, 0.2) is 42.5 Å². The molecule has 0 saturated carbocycles. The molecular formula is C20H19ClN2O3. The molecule has 6 heteroatoms. The highest BCUT2D eigenvalue weighted by molar-refractivity contribution is 6.32. The summed E-state index contributed by atoms with van der Waals surface area (Å²) in [5.74, 6) is 0.777. The van der Waals surface area contributed by atoms with Gasteiger partial charge in [-0.2, -0.15) is 5.26 Å². The number of halogens is 1. The Morgan fingerprint density at radius 2 is 2.04 bits per heavy atom. The van der Waals surface area contributed by atoms with Crippen LogP contribution in [0.2, 0.25) is 5.02 Å². The summed E-state index contributed by atoms with van der Waals surface area (Å²) in [4.78, 5) is 13.9. The van der Waals surface area contributed by atoms with Gasteiger partial charge in [0.25, 0.3) is 0 Å². The molecule has 0 saturated heterocycles. The maximum atomic E-state index is 12.3. The molecule has 0 heterocycles. The van der Waals surface area contributed by atoms with Gasteiger partial charge in [0.2, 0.25) is 5.91 Å². The first-order valence-corrected chi connectivity index (χ1v) is 8.20. The van der Waals surface area contributed by atoms with Gasteiger partial charge < -0.3 is 14.4 Å². The fourth-order valence-electron chi connectivity index (χ4n) is 2.42. The van der Waals surface area contributed by atoms with Crippen molar-refractivity contribution in [3.05, 3.63) is 64.2 Å². The third-order valence-corrected chi connectivity index (χ3v) is 4.01. The third-order valence-electron chi connectivity index (χ3n) is 3.73. The second-order valence-electron chi connectivity index (χ2n) is 5.58. The molecule has 0 spiro atoms. The topological polar surface area (TPSA) is 62.6 Å². The molecule has 134 valence electrons. The molecule has 0 aliphatic heterocycles. The first-order chi connectivity index (χ1) is 12.5. The van der Waals surface area contributed by atoms with Crippen LogP contribution in [0.4, 0.5) is 0 Å². The van der Waals surface area contributed by atoms with E-state index in [0.717, 1.165) is 11.1 Å². The van der Waals surface area contributed by atoms with Crippen LogP contribution in [-0.2, 0) is 11.3 Å². The zero-order chi connectivity index (χ0) is 19.1. The maximum Gasteiger partial charge on any atom is 0.246 e. The van der Waals surface area contributed by atoms with Crippen LogP contribution < -0.4 is 9.47 Å². The molecule has 0 aliphatic carbocycles. The van der Waals surface area contributed by atoms with E-state index in [1.165, 1.54) is 20.3 Å². The lowest BCUT2D eigenvalue weighted by molar-refractivity contribution is -0.125. The van der Waals surface area contributed by atoms with Crippen LogP contribution in [-0.4, -0.2) is 32.1 Å². The number of hydrogen-bond donors (Lipinski definition) is 0. The molecule has 0 bridgehead atoms. The number of hydrogen-bond acceptors (Lipinski definition) is 4. The van der Waals surface area contributed by atoms with E-state index in [0.29, 0.717) is 28.6 Å². The number of ether oxygens (including phenoxy) is 2. The molecule has 0 atom stereocenters. The Balaban J connectivity index is 2.11. The summed E-state index contributed by atoms with van der Waals surface area (Å²) in [7, 11) is 4.74. The van der Waals surface area contributed by atoms with Gasteiger partial charge >= 0.3 is 0 Å². The molecule has 5 nitrogen and oxygen atoms in total. The van der Waals surface area contributed by atoms with Crippen molar-refractivity contribution in [3.8, 4) is 17.6 Å². The van der Waals surface area contributed by atoms with Crippen LogP contribution in [0.3, 0.4) is 0 Å². The number of nitriles is 1. The van der Waals surface area contributed by atoms with Crippen LogP contribution in [0, 0.1) is 11.3 Å². The molecule has 1 amide bonds. The number of likely N-dealkylation sites (N-methyl/N-ethyl adjacent to an activating group) is 1. The minimum Gasteiger partial charge on any atom is -0.493 e. The number of carbonyl (C=O) groups is 1. The van der Waals surface area contributed by atoms with Crippen LogP contribution >= 0.6 is 11.6 Å². The Bertz CT molecular complexity index is 872. The fourth-order valence-corrected chi connectivity index (χ4v) is 2.72. The monoisotopic (exact) mass is 370 g/mol. The Morgan fingerprint density at radius 3 is 2.69 bits per heavy atom. The molecule has 2 rings (SSSR count). The Kier molecular flexibility index (Phi) is 6.65. The zero-order valence-electron chi connectivity index (χ0n) is 14.8. The highest BCUT2D eigenvalue weighted by Gasteiger charge is 2.11. The lowest BCUT2D eigenvalue weighted by Gasteiger charge is -2.15. The second kappa shape index (κ2) is 8.93. The number of benzene rings is 2. The molecular weight excluding hydrogens is 352 g/mol. The van der Waals surface area contributed by atoms with E-state index in [4.69, 9.17) is 26.3 Å². The average molecular weight is 371 g/mol. The minimum atomic E-state index is -0.168. The summed E-state index contributed by atoms with van der Waals surface area (Å²) in [5, 5.41) is 9.35. The van der Waals surface area contributed by atoms with Gasteiger partial charge in [0.15, 0.2) is 11.5 Å². The first kappa shape index (κ1) is 19.4. The quantitative estimate of drug-likeness (QED) is 0.723. The molecule has 0 aliphatic rings. The van der Waals surface area contributed by atoms with Gasteiger partial charge in [-0.3, -0.25) is 4.79 Å². The lowest BCUT2D eigenvalue weighted by atomic mass is 10.1. The number of carbonyl (C=O) groups excluding carboxylic acids is 1. The van der Waals surface area contributed by atoms with E-state index in [1.54, 1.807) is 48.4 Å². The van der Waals surface area contributed by atoms with Crippen molar-refractivity contribution in [1.29, 1.82) is 5.26 Å². The van der Waals surface area contributed by atoms with E-state index < -0.39 is 0 Å². The third kappa shape index (κ3) is 4.78. The molecule has 2 aromatic rings. The number of nitrogens with zero attached hydrogens (tertiary/aromatic N) is 2. The average Bonchev–Trinajstić information content (AvgIpc) is 2.65. The lowest BCUT2D eigenvalue weighted by Crippen LogP contribution is -2.24. The SMILES string of the molecule is COc1cc(/C=C/C(=O)N(C)Cc2cccc(C#N)c2)cc(Cl)c1OC. The van der Waals surface area contributed by atoms with Crippen LogP contribution in [0.1, 0.15) is 16.7 Å². The van der Waals surface area contributed by atoms with E-state index >= 15 is 0 Å². The summed E-state index contributed by atoms with van der Waals surface area (Å²) in [6.45, 7) is 0.408. The zero-order valence-corrected chi connectivity index (χ0v) is 15.6. The summed E-state index contributed by atoms with van der Waals surface area (Å²) in [6, 6.07) is 12.7. The van der Waals surface area contributed by atoms with Gasteiger partial charge in [-0.05, 0) is 41.5 Å². The Hall–Kier alpha value is -2.97. The van der Waals surface area contributed by atoms with Gasteiger partial charge in [0, 0.05) is 19.7 Å². The number of amides is 1. The van der Waals surface area contributed by atoms with Gasteiger partial charge in [0.05, 0.1) is 30.9 Å². The molecule has 26 heavy (non-hydrogen) atoms. The van der Waals surface area contributed by atoms with Crippen molar-refractivity contribution in [1.82, 2.24) is 4.90 Å². The summed E-state index contributed by atoms with van der Waals surface area (Å²) in [6.07, 6.45) is 3.13. The van der Waals surface area contributed by atoms with E-state index in [1.807, 2.05) is 6.07 Å². The Labute approximate surface area is 158 Å². The van der Waals surface area contributed by atoms with Gasteiger partial charge in [0.1, 0.15) is 0 Å². The number of rotatable bonds is 6. The standard InChI is InChI=1S/C20H19ClN2O3/c1-23(13-16-6-4-5-15(9-16)12-22)19(24)8-7-14-10-17(21)20(26-3)18(11-14)25-2/h4-11H,13H2,1-3H3/b8-7+. The van der Waals surface area contributed by atoms with Crippen molar-refractivity contribution in [2.75, 3.05) is 21.3 Å². The predicted molar refractivity (Wildman–Crippen MR) is 101 cm³/mol. The van der Waals surface area contributed by atoms with E-state index in [9.17, 15) is 4.79 Å². The smallest absolute Gasteiger partial charge is 0.246 e. The van der Waals surface area contributed by atoms with Gasteiger partial charge in [-0.25, -0.2) is 0 Å². The maximum absolute atomic E-state index is 12.3. The molecule has 0 aromatic heterocycles. The van der Waals surface area contributed by atoms with Crippen LogP contribution in [0.5, 0.6) is 11.5 Å². The molecule has 2 aromatic carbocycles. The summed E-state index contributed by atoms with van der Waals surface area (Å²) >= 11 is 6.17.